The zero-order valence-electron chi connectivity index (χ0n) is 12.2. The number of fused-ring (bicyclic) bond motifs is 1. The van der Waals surface area contributed by atoms with Crippen LogP contribution in [0.5, 0.6) is 5.75 Å². The van der Waals surface area contributed by atoms with Crippen LogP contribution in [0, 0.1) is 0 Å². The summed E-state index contributed by atoms with van der Waals surface area (Å²) < 4.78 is 5.49. The number of ether oxygens (including phenoxy) is 1. The van der Waals surface area contributed by atoms with E-state index in [1.54, 1.807) is 18.3 Å². The lowest BCUT2D eigenvalue weighted by atomic mass is 10.1. The van der Waals surface area contributed by atoms with E-state index in [1.165, 1.54) is 0 Å². The van der Waals surface area contributed by atoms with Crippen LogP contribution in [0.15, 0.2) is 60.8 Å². The summed E-state index contributed by atoms with van der Waals surface area (Å²) in [6.07, 6.45) is 1.66. The first-order chi connectivity index (χ1) is 10.8. The molecular formula is C18H16N2O2. The fourth-order valence-electron chi connectivity index (χ4n) is 2.27. The molecule has 110 valence electrons. The molecule has 0 bridgehead atoms. The van der Waals surface area contributed by atoms with Gasteiger partial charge in [0.15, 0.2) is 0 Å². The Balaban J connectivity index is 1.86. The molecule has 4 nitrogen and oxygen atoms in total. The Hall–Kier alpha value is -2.88. The van der Waals surface area contributed by atoms with Crippen molar-refractivity contribution in [3.63, 3.8) is 0 Å². The number of carbonyl (C=O) groups excluding carboxylic acids is 1. The zero-order valence-corrected chi connectivity index (χ0v) is 12.2. The summed E-state index contributed by atoms with van der Waals surface area (Å²) in [6.45, 7) is 2.41. The number of rotatable bonds is 4. The Labute approximate surface area is 128 Å². The smallest absolute Gasteiger partial charge is 0.259 e. The normalized spacial score (nSPS) is 10.4. The van der Waals surface area contributed by atoms with Crippen molar-refractivity contribution in [3.05, 3.63) is 66.4 Å². The van der Waals surface area contributed by atoms with Crippen molar-refractivity contribution in [2.75, 3.05) is 11.9 Å². The highest BCUT2D eigenvalue weighted by atomic mass is 16.5. The molecule has 0 saturated carbocycles. The Morgan fingerprint density at radius 1 is 1.14 bits per heavy atom. The SMILES string of the molecule is CCOc1ccccc1C(=O)Nc1cnc2ccccc2c1. The number of carbonyl (C=O) groups is 1. The molecule has 22 heavy (non-hydrogen) atoms. The Bertz CT molecular complexity index is 815. The van der Waals surface area contributed by atoms with Crippen molar-refractivity contribution >= 4 is 22.5 Å². The summed E-state index contributed by atoms with van der Waals surface area (Å²) in [5.74, 6) is 0.373. The number of amides is 1. The molecule has 1 heterocycles. The third-order valence-corrected chi connectivity index (χ3v) is 3.28. The lowest BCUT2D eigenvalue weighted by Crippen LogP contribution is -2.13. The quantitative estimate of drug-likeness (QED) is 0.793. The molecule has 0 aliphatic heterocycles. The second-order valence-electron chi connectivity index (χ2n) is 4.80. The molecule has 0 radical (unpaired) electrons. The second-order valence-corrected chi connectivity index (χ2v) is 4.80. The van der Waals surface area contributed by atoms with E-state index in [0.29, 0.717) is 23.6 Å². The first-order valence-corrected chi connectivity index (χ1v) is 7.16. The van der Waals surface area contributed by atoms with E-state index in [9.17, 15) is 4.79 Å². The third kappa shape index (κ3) is 2.91. The first-order valence-electron chi connectivity index (χ1n) is 7.16. The van der Waals surface area contributed by atoms with Gasteiger partial charge in [-0.05, 0) is 31.2 Å². The minimum atomic E-state index is -0.207. The number of nitrogens with one attached hydrogen (secondary N) is 1. The first kappa shape index (κ1) is 14.1. The van der Waals surface area contributed by atoms with Gasteiger partial charge in [0.2, 0.25) is 0 Å². The van der Waals surface area contributed by atoms with Gasteiger partial charge in [0, 0.05) is 5.39 Å². The molecule has 0 unspecified atom stereocenters. The van der Waals surface area contributed by atoms with Gasteiger partial charge in [-0.3, -0.25) is 9.78 Å². The fourth-order valence-corrected chi connectivity index (χ4v) is 2.27. The topological polar surface area (TPSA) is 51.2 Å². The second kappa shape index (κ2) is 6.26. The summed E-state index contributed by atoms with van der Waals surface area (Å²) in [4.78, 5) is 16.8. The maximum atomic E-state index is 12.4. The van der Waals surface area contributed by atoms with Crippen LogP contribution in [-0.4, -0.2) is 17.5 Å². The molecule has 1 amide bonds. The van der Waals surface area contributed by atoms with Gasteiger partial charge in [-0.25, -0.2) is 0 Å². The highest BCUT2D eigenvalue weighted by molar-refractivity contribution is 6.06. The Kier molecular flexibility index (Phi) is 4.01. The molecule has 1 N–H and O–H groups in total. The van der Waals surface area contributed by atoms with Crippen molar-refractivity contribution in [2.24, 2.45) is 0 Å². The highest BCUT2D eigenvalue weighted by Crippen LogP contribution is 2.21. The lowest BCUT2D eigenvalue weighted by molar-refractivity contribution is 0.102. The minimum Gasteiger partial charge on any atom is -0.493 e. The van der Waals surface area contributed by atoms with Crippen LogP contribution >= 0.6 is 0 Å². The molecule has 0 spiro atoms. The highest BCUT2D eigenvalue weighted by Gasteiger charge is 2.12. The standard InChI is InChI=1S/C18H16N2O2/c1-2-22-17-10-6-4-8-15(17)18(21)20-14-11-13-7-3-5-9-16(13)19-12-14/h3-12H,2H2,1H3,(H,20,21). The number of hydrogen-bond acceptors (Lipinski definition) is 3. The van der Waals surface area contributed by atoms with E-state index in [-0.39, 0.29) is 5.91 Å². The van der Waals surface area contributed by atoms with E-state index in [0.717, 1.165) is 10.9 Å². The van der Waals surface area contributed by atoms with Crippen LogP contribution in [0.1, 0.15) is 17.3 Å². The van der Waals surface area contributed by atoms with E-state index in [1.807, 2.05) is 49.4 Å². The molecule has 0 atom stereocenters. The van der Waals surface area contributed by atoms with Crippen LogP contribution in [0.4, 0.5) is 5.69 Å². The number of para-hydroxylation sites is 2. The van der Waals surface area contributed by atoms with E-state index >= 15 is 0 Å². The number of hydrogen-bond donors (Lipinski definition) is 1. The van der Waals surface area contributed by atoms with Gasteiger partial charge in [0.25, 0.3) is 5.91 Å². The number of aromatic nitrogens is 1. The molecule has 2 aromatic carbocycles. The van der Waals surface area contributed by atoms with Crippen molar-refractivity contribution in [1.82, 2.24) is 4.98 Å². The maximum Gasteiger partial charge on any atom is 0.259 e. The van der Waals surface area contributed by atoms with E-state index < -0.39 is 0 Å². The minimum absolute atomic E-state index is 0.207. The molecule has 0 aliphatic rings. The van der Waals surface area contributed by atoms with Crippen molar-refractivity contribution in [1.29, 1.82) is 0 Å². The number of anilines is 1. The van der Waals surface area contributed by atoms with Gasteiger partial charge in [-0.2, -0.15) is 0 Å². The van der Waals surface area contributed by atoms with Crippen LogP contribution in [0.2, 0.25) is 0 Å². The summed E-state index contributed by atoms with van der Waals surface area (Å²) in [6, 6.07) is 16.9. The molecule has 4 heteroatoms. The summed E-state index contributed by atoms with van der Waals surface area (Å²) in [5.41, 5.74) is 2.07. The van der Waals surface area contributed by atoms with Gasteiger partial charge >= 0.3 is 0 Å². The Morgan fingerprint density at radius 3 is 2.77 bits per heavy atom. The Morgan fingerprint density at radius 2 is 1.91 bits per heavy atom. The molecule has 3 aromatic rings. The van der Waals surface area contributed by atoms with Crippen LogP contribution in [-0.2, 0) is 0 Å². The molecular weight excluding hydrogens is 276 g/mol. The van der Waals surface area contributed by atoms with Gasteiger partial charge in [-0.1, -0.05) is 30.3 Å². The fraction of sp³-hybridized carbons (Fsp3) is 0.111. The van der Waals surface area contributed by atoms with Gasteiger partial charge in [-0.15, -0.1) is 0 Å². The number of pyridine rings is 1. The van der Waals surface area contributed by atoms with Crippen molar-refractivity contribution in [3.8, 4) is 5.75 Å². The summed E-state index contributed by atoms with van der Waals surface area (Å²) in [5, 5.41) is 3.85. The number of nitrogens with zero attached hydrogens (tertiary/aromatic N) is 1. The maximum absolute atomic E-state index is 12.4. The summed E-state index contributed by atoms with van der Waals surface area (Å²) in [7, 11) is 0. The van der Waals surface area contributed by atoms with Crippen LogP contribution < -0.4 is 10.1 Å². The van der Waals surface area contributed by atoms with Crippen molar-refractivity contribution < 1.29 is 9.53 Å². The van der Waals surface area contributed by atoms with Crippen LogP contribution in [0.3, 0.4) is 0 Å². The molecule has 0 fully saturated rings. The average molecular weight is 292 g/mol. The predicted molar refractivity (Wildman–Crippen MR) is 87.3 cm³/mol. The third-order valence-electron chi connectivity index (χ3n) is 3.28. The van der Waals surface area contributed by atoms with Gasteiger partial charge in [0.05, 0.1) is 29.6 Å². The number of benzene rings is 2. The van der Waals surface area contributed by atoms with Gasteiger partial charge in [0.1, 0.15) is 5.75 Å². The largest absolute Gasteiger partial charge is 0.493 e. The average Bonchev–Trinajstić information content (AvgIpc) is 2.55. The summed E-state index contributed by atoms with van der Waals surface area (Å²) >= 11 is 0. The van der Waals surface area contributed by atoms with Crippen LogP contribution in [0.25, 0.3) is 10.9 Å². The predicted octanol–water partition coefficient (Wildman–Crippen LogP) is 3.89. The lowest BCUT2D eigenvalue weighted by Gasteiger charge is -2.10. The molecule has 1 aromatic heterocycles. The van der Waals surface area contributed by atoms with E-state index in [2.05, 4.69) is 10.3 Å². The zero-order chi connectivity index (χ0) is 15.4. The van der Waals surface area contributed by atoms with Crippen molar-refractivity contribution in [2.45, 2.75) is 6.92 Å². The van der Waals surface area contributed by atoms with E-state index in [4.69, 9.17) is 4.74 Å². The molecule has 3 rings (SSSR count). The van der Waals surface area contributed by atoms with Gasteiger partial charge < -0.3 is 10.1 Å². The molecule has 0 aliphatic carbocycles. The molecule has 0 saturated heterocycles. The monoisotopic (exact) mass is 292 g/mol.